The topological polar surface area (TPSA) is 49.3 Å². The molecule has 94 valence electrons. The molecule has 0 spiro atoms. The predicted octanol–water partition coefficient (Wildman–Crippen LogP) is 2.77. The predicted molar refractivity (Wildman–Crippen MR) is 56.3 cm³/mol. The molecule has 2 N–H and O–H groups in total. The summed E-state index contributed by atoms with van der Waals surface area (Å²) in [6, 6.07) is -0.0435. The van der Waals surface area contributed by atoms with Gasteiger partial charge in [-0.1, -0.05) is 13.3 Å². The van der Waals surface area contributed by atoms with E-state index in [4.69, 9.17) is 5.11 Å². The Balaban J connectivity index is 2.93. The molecule has 0 aliphatic rings. The second-order valence-electron chi connectivity index (χ2n) is 3.57. The maximum absolute atomic E-state index is 13.2. The highest BCUT2D eigenvalue weighted by Crippen LogP contribution is 2.20. The lowest BCUT2D eigenvalue weighted by Crippen LogP contribution is -2.29. The molecule has 0 fully saturated rings. The van der Waals surface area contributed by atoms with E-state index in [0.717, 1.165) is 0 Å². The van der Waals surface area contributed by atoms with Crippen LogP contribution in [-0.2, 0) is 4.79 Å². The number of carbonyl (C=O) groups is 1. The summed E-state index contributed by atoms with van der Waals surface area (Å²) in [5.74, 6) is -4.73. The summed E-state index contributed by atoms with van der Waals surface area (Å²) in [4.78, 5) is 10.8. The van der Waals surface area contributed by atoms with Crippen molar-refractivity contribution in [2.24, 2.45) is 0 Å². The third-order valence-electron chi connectivity index (χ3n) is 2.22. The van der Waals surface area contributed by atoms with Crippen LogP contribution in [-0.4, -0.2) is 17.1 Å². The first kappa shape index (κ1) is 13.3. The number of benzene rings is 1. The zero-order valence-electron chi connectivity index (χ0n) is 9.14. The normalized spacial score (nSPS) is 12.2. The minimum absolute atomic E-state index is 0.258. The van der Waals surface area contributed by atoms with Crippen LogP contribution in [0.2, 0.25) is 0 Å². The largest absolute Gasteiger partial charge is 0.480 e. The van der Waals surface area contributed by atoms with Gasteiger partial charge in [0.05, 0.1) is 5.69 Å². The zero-order valence-corrected chi connectivity index (χ0v) is 9.14. The van der Waals surface area contributed by atoms with Gasteiger partial charge in [-0.3, -0.25) is 0 Å². The van der Waals surface area contributed by atoms with Crippen molar-refractivity contribution in [2.75, 3.05) is 5.32 Å². The van der Waals surface area contributed by atoms with Crippen LogP contribution in [0.4, 0.5) is 18.9 Å². The van der Waals surface area contributed by atoms with E-state index in [1.165, 1.54) is 0 Å². The van der Waals surface area contributed by atoms with Crippen LogP contribution >= 0.6 is 0 Å². The summed E-state index contributed by atoms with van der Waals surface area (Å²) in [7, 11) is 0. The standard InChI is InChI=1S/C11H12F3NO2/c1-2-3-9(11(16)17)15-10-5-7(13)6(12)4-8(10)14/h4-5,9,15H,2-3H2,1H3,(H,16,17). The fraction of sp³-hybridized carbons (Fsp3) is 0.364. The van der Waals surface area contributed by atoms with Gasteiger partial charge in [0.15, 0.2) is 11.6 Å². The summed E-state index contributed by atoms with van der Waals surface area (Å²) in [5.41, 5.74) is -0.357. The van der Waals surface area contributed by atoms with Gasteiger partial charge in [-0.25, -0.2) is 18.0 Å². The van der Waals surface area contributed by atoms with Gasteiger partial charge >= 0.3 is 5.97 Å². The van der Waals surface area contributed by atoms with Crippen molar-refractivity contribution in [1.29, 1.82) is 0 Å². The van der Waals surface area contributed by atoms with E-state index in [9.17, 15) is 18.0 Å². The van der Waals surface area contributed by atoms with E-state index in [-0.39, 0.29) is 12.1 Å². The molecule has 3 nitrogen and oxygen atoms in total. The Morgan fingerprint density at radius 1 is 1.29 bits per heavy atom. The maximum Gasteiger partial charge on any atom is 0.326 e. The number of halogens is 3. The number of carboxylic acids is 1. The summed E-state index contributed by atoms with van der Waals surface area (Å²) in [6.45, 7) is 1.76. The Hall–Kier alpha value is -1.72. The van der Waals surface area contributed by atoms with E-state index in [1.807, 2.05) is 0 Å². The molecular weight excluding hydrogens is 235 g/mol. The highest BCUT2D eigenvalue weighted by molar-refractivity contribution is 5.77. The lowest BCUT2D eigenvalue weighted by atomic mass is 10.1. The molecule has 0 bridgehead atoms. The average molecular weight is 247 g/mol. The van der Waals surface area contributed by atoms with Gasteiger partial charge in [-0.2, -0.15) is 0 Å². The molecule has 1 unspecified atom stereocenters. The van der Waals surface area contributed by atoms with E-state index < -0.39 is 29.5 Å². The van der Waals surface area contributed by atoms with Crippen molar-refractivity contribution in [3.8, 4) is 0 Å². The highest BCUT2D eigenvalue weighted by atomic mass is 19.2. The van der Waals surface area contributed by atoms with Crippen LogP contribution in [0.25, 0.3) is 0 Å². The molecule has 0 heterocycles. The van der Waals surface area contributed by atoms with Crippen LogP contribution in [0.1, 0.15) is 19.8 Å². The Bertz CT molecular complexity index is 423. The van der Waals surface area contributed by atoms with E-state index in [1.54, 1.807) is 6.92 Å². The molecule has 1 rings (SSSR count). The van der Waals surface area contributed by atoms with Gasteiger partial charge in [0, 0.05) is 12.1 Å². The van der Waals surface area contributed by atoms with Crippen molar-refractivity contribution in [2.45, 2.75) is 25.8 Å². The molecule has 0 aromatic heterocycles. The minimum atomic E-state index is -1.31. The van der Waals surface area contributed by atoms with Crippen LogP contribution in [0.15, 0.2) is 12.1 Å². The molecule has 1 aromatic carbocycles. The Morgan fingerprint density at radius 2 is 1.88 bits per heavy atom. The first-order valence-corrected chi connectivity index (χ1v) is 5.09. The smallest absolute Gasteiger partial charge is 0.326 e. The first-order chi connectivity index (χ1) is 7.95. The molecule has 1 aromatic rings. The van der Waals surface area contributed by atoms with E-state index in [2.05, 4.69) is 5.32 Å². The quantitative estimate of drug-likeness (QED) is 0.786. The summed E-state index contributed by atoms with van der Waals surface area (Å²) < 4.78 is 38.7. The third-order valence-corrected chi connectivity index (χ3v) is 2.22. The average Bonchev–Trinajstić information content (AvgIpc) is 2.24. The molecule has 0 aliphatic carbocycles. The fourth-order valence-corrected chi connectivity index (χ4v) is 1.37. The van der Waals surface area contributed by atoms with Gasteiger partial charge in [-0.15, -0.1) is 0 Å². The molecule has 0 amide bonds. The minimum Gasteiger partial charge on any atom is -0.480 e. The molecule has 0 aliphatic heterocycles. The number of hydrogen-bond acceptors (Lipinski definition) is 2. The third kappa shape index (κ3) is 3.37. The molecule has 17 heavy (non-hydrogen) atoms. The Morgan fingerprint density at radius 3 is 2.41 bits per heavy atom. The van der Waals surface area contributed by atoms with Crippen molar-refractivity contribution in [3.63, 3.8) is 0 Å². The van der Waals surface area contributed by atoms with Gasteiger partial charge in [0.2, 0.25) is 0 Å². The summed E-state index contributed by atoms with van der Waals surface area (Å²) in [6.07, 6.45) is 0.822. The number of anilines is 1. The van der Waals surface area contributed by atoms with Crippen LogP contribution < -0.4 is 5.32 Å². The molecular formula is C11H12F3NO2. The van der Waals surface area contributed by atoms with Gasteiger partial charge in [-0.05, 0) is 6.42 Å². The van der Waals surface area contributed by atoms with Crippen molar-refractivity contribution >= 4 is 11.7 Å². The zero-order chi connectivity index (χ0) is 13.0. The highest BCUT2D eigenvalue weighted by Gasteiger charge is 2.19. The number of aliphatic carboxylic acids is 1. The van der Waals surface area contributed by atoms with Crippen molar-refractivity contribution < 1.29 is 23.1 Å². The van der Waals surface area contributed by atoms with Gasteiger partial charge in [0.25, 0.3) is 0 Å². The van der Waals surface area contributed by atoms with E-state index in [0.29, 0.717) is 18.6 Å². The van der Waals surface area contributed by atoms with Gasteiger partial charge < -0.3 is 10.4 Å². The Labute approximate surface area is 96.3 Å². The van der Waals surface area contributed by atoms with Crippen LogP contribution in [0, 0.1) is 17.5 Å². The first-order valence-electron chi connectivity index (χ1n) is 5.09. The summed E-state index contributed by atoms with van der Waals surface area (Å²) >= 11 is 0. The monoisotopic (exact) mass is 247 g/mol. The van der Waals surface area contributed by atoms with Crippen molar-refractivity contribution in [3.05, 3.63) is 29.6 Å². The second kappa shape index (κ2) is 5.56. The summed E-state index contributed by atoms with van der Waals surface area (Å²) in [5, 5.41) is 11.2. The second-order valence-corrected chi connectivity index (χ2v) is 3.57. The molecule has 1 atom stereocenters. The molecule has 0 radical (unpaired) electrons. The number of nitrogens with one attached hydrogen (secondary N) is 1. The Kier molecular flexibility index (Phi) is 4.37. The van der Waals surface area contributed by atoms with Gasteiger partial charge in [0.1, 0.15) is 11.9 Å². The molecule has 0 saturated heterocycles. The number of hydrogen-bond donors (Lipinski definition) is 2. The lowest BCUT2D eigenvalue weighted by molar-refractivity contribution is -0.138. The molecule has 6 heteroatoms. The maximum atomic E-state index is 13.2. The van der Waals surface area contributed by atoms with Crippen LogP contribution in [0.5, 0.6) is 0 Å². The molecule has 0 saturated carbocycles. The lowest BCUT2D eigenvalue weighted by Gasteiger charge is -2.15. The van der Waals surface area contributed by atoms with Crippen LogP contribution in [0.3, 0.4) is 0 Å². The van der Waals surface area contributed by atoms with Crippen molar-refractivity contribution in [1.82, 2.24) is 0 Å². The SMILES string of the molecule is CCCC(Nc1cc(F)c(F)cc1F)C(=O)O. The fourth-order valence-electron chi connectivity index (χ4n) is 1.37. The van der Waals surface area contributed by atoms with E-state index >= 15 is 0 Å². The number of rotatable bonds is 5. The number of carboxylic acid groups (broad SMARTS) is 1.